The van der Waals surface area contributed by atoms with E-state index in [4.69, 9.17) is 0 Å². The van der Waals surface area contributed by atoms with Gasteiger partial charge >= 0.3 is 0 Å². The minimum Gasteiger partial charge on any atom is -0.198 e. The van der Waals surface area contributed by atoms with E-state index in [-0.39, 0.29) is 0 Å². The molecule has 0 aliphatic carbocycles. The number of hydrogen-bond donors (Lipinski definition) is 1. The van der Waals surface area contributed by atoms with Crippen LogP contribution in [-0.4, -0.2) is 15.4 Å². The van der Waals surface area contributed by atoms with Crippen molar-refractivity contribution in [1.29, 1.82) is 0 Å². The van der Waals surface area contributed by atoms with Crippen molar-refractivity contribution in [2.45, 2.75) is 0 Å². The summed E-state index contributed by atoms with van der Waals surface area (Å²) in [5.41, 5.74) is 0. The van der Waals surface area contributed by atoms with Crippen LogP contribution < -0.4 is 0 Å². The second-order valence-corrected chi connectivity index (χ2v) is 3.20. The summed E-state index contributed by atoms with van der Waals surface area (Å²) in [5, 5.41) is 9.33. The van der Waals surface area contributed by atoms with Gasteiger partial charge in [-0.3, -0.25) is 0 Å². The lowest BCUT2D eigenvalue weighted by atomic mass is 10.4. The Morgan fingerprint density at radius 1 is 1.00 bits per heavy atom. The van der Waals surface area contributed by atoms with E-state index < -0.39 is 0 Å². The first kappa shape index (κ1) is 9.18. The van der Waals surface area contributed by atoms with Crippen molar-refractivity contribution >= 4 is 22.6 Å². The van der Waals surface area contributed by atoms with Crippen LogP contribution in [0.15, 0.2) is 42.7 Å². The molecule has 2 aromatic rings. The number of hydrogen-bond acceptors (Lipinski definition) is 2. The summed E-state index contributed by atoms with van der Waals surface area (Å²) < 4.78 is 1.29. The highest BCUT2D eigenvalue weighted by atomic mass is 127. The van der Waals surface area contributed by atoms with Gasteiger partial charge in [0.05, 0.1) is 12.4 Å². The van der Waals surface area contributed by atoms with Crippen LogP contribution >= 0.6 is 22.6 Å². The highest BCUT2D eigenvalue weighted by Crippen LogP contribution is 1.99. The number of H-pyrrole nitrogens is 1. The number of rotatable bonds is 0. The standard InChI is InChI=1S/C6H5I.C2H3N3/c7-6-4-2-1-3-5-6;1-2-4-5-3-1/h1-5H;1-2H,(H,3,4,5). The molecule has 2 rings (SSSR count). The summed E-state index contributed by atoms with van der Waals surface area (Å²) in [6.45, 7) is 0. The van der Waals surface area contributed by atoms with E-state index in [0.717, 1.165) is 0 Å². The molecule has 0 unspecified atom stereocenters. The van der Waals surface area contributed by atoms with Crippen LogP contribution in [0.25, 0.3) is 0 Å². The van der Waals surface area contributed by atoms with Crippen molar-refractivity contribution in [1.82, 2.24) is 15.4 Å². The van der Waals surface area contributed by atoms with Gasteiger partial charge in [-0.2, -0.15) is 15.4 Å². The molecule has 12 heavy (non-hydrogen) atoms. The number of aromatic nitrogens is 3. The van der Waals surface area contributed by atoms with Crippen LogP contribution in [0.1, 0.15) is 0 Å². The van der Waals surface area contributed by atoms with Crippen LogP contribution in [0, 0.1) is 3.57 Å². The van der Waals surface area contributed by atoms with Gasteiger partial charge in [0, 0.05) is 3.57 Å². The van der Waals surface area contributed by atoms with Crippen LogP contribution in [0.5, 0.6) is 0 Å². The maximum atomic E-state index is 3.49. The molecule has 3 nitrogen and oxygen atoms in total. The predicted molar refractivity (Wildman–Crippen MR) is 55.5 cm³/mol. The van der Waals surface area contributed by atoms with Crippen LogP contribution in [0.3, 0.4) is 0 Å². The smallest absolute Gasteiger partial charge is 0.0690 e. The Morgan fingerprint density at radius 2 is 1.58 bits per heavy atom. The molecule has 1 heterocycles. The SMILES string of the molecule is Ic1ccccc1.c1cn[nH]n1. The molecule has 0 atom stereocenters. The van der Waals surface area contributed by atoms with Gasteiger partial charge < -0.3 is 0 Å². The summed E-state index contributed by atoms with van der Waals surface area (Å²) in [5.74, 6) is 0. The number of halogens is 1. The van der Waals surface area contributed by atoms with E-state index in [0.29, 0.717) is 0 Å². The number of nitrogens with one attached hydrogen (secondary N) is 1. The minimum absolute atomic E-state index is 1.29. The van der Waals surface area contributed by atoms with Gasteiger partial charge in [0.1, 0.15) is 0 Å². The summed E-state index contributed by atoms with van der Waals surface area (Å²) in [4.78, 5) is 0. The van der Waals surface area contributed by atoms with E-state index in [9.17, 15) is 0 Å². The van der Waals surface area contributed by atoms with Crippen molar-refractivity contribution in [3.8, 4) is 0 Å². The molecule has 0 radical (unpaired) electrons. The van der Waals surface area contributed by atoms with Gasteiger partial charge in [-0.15, -0.1) is 0 Å². The topological polar surface area (TPSA) is 41.6 Å². The van der Waals surface area contributed by atoms with Crippen molar-refractivity contribution < 1.29 is 0 Å². The monoisotopic (exact) mass is 273 g/mol. The number of benzene rings is 1. The first-order valence-electron chi connectivity index (χ1n) is 3.40. The summed E-state index contributed by atoms with van der Waals surface area (Å²) >= 11 is 2.28. The van der Waals surface area contributed by atoms with Crippen LogP contribution in [-0.2, 0) is 0 Å². The third-order valence-corrected chi connectivity index (χ3v) is 1.78. The first-order chi connectivity index (χ1) is 5.89. The highest BCUT2D eigenvalue weighted by Gasteiger charge is 1.74. The Bertz CT molecular complexity index is 263. The molecule has 0 aliphatic rings. The van der Waals surface area contributed by atoms with Crippen molar-refractivity contribution in [3.05, 3.63) is 46.3 Å². The minimum atomic E-state index is 1.29. The predicted octanol–water partition coefficient (Wildman–Crippen LogP) is 2.10. The normalized spacial score (nSPS) is 8.42. The van der Waals surface area contributed by atoms with E-state index in [1.807, 2.05) is 18.2 Å². The molecule has 1 N–H and O–H groups in total. The van der Waals surface area contributed by atoms with Gasteiger partial charge in [0.2, 0.25) is 0 Å². The van der Waals surface area contributed by atoms with Crippen molar-refractivity contribution in [3.63, 3.8) is 0 Å². The summed E-state index contributed by atoms with van der Waals surface area (Å²) in [6.07, 6.45) is 3.17. The molecule has 1 aromatic carbocycles. The van der Waals surface area contributed by atoms with Crippen molar-refractivity contribution in [2.24, 2.45) is 0 Å². The Kier molecular flexibility index (Phi) is 4.36. The van der Waals surface area contributed by atoms with E-state index >= 15 is 0 Å². The zero-order valence-electron chi connectivity index (χ0n) is 6.31. The lowest BCUT2D eigenvalue weighted by molar-refractivity contribution is 0.940. The van der Waals surface area contributed by atoms with Crippen LogP contribution in [0.2, 0.25) is 0 Å². The zero-order valence-corrected chi connectivity index (χ0v) is 8.47. The van der Waals surface area contributed by atoms with E-state index in [1.165, 1.54) is 3.57 Å². The number of aromatic amines is 1. The molecule has 0 saturated carbocycles. The molecule has 0 amide bonds. The molecule has 62 valence electrons. The second-order valence-electron chi connectivity index (χ2n) is 1.95. The molecule has 1 aromatic heterocycles. The Labute approximate surface area is 84.3 Å². The average Bonchev–Trinajstić information content (AvgIpc) is 2.62. The molecule has 0 aliphatic heterocycles. The van der Waals surface area contributed by atoms with Crippen molar-refractivity contribution in [2.75, 3.05) is 0 Å². The Hall–Kier alpha value is -0.910. The van der Waals surface area contributed by atoms with E-state index in [2.05, 4.69) is 50.1 Å². The average molecular weight is 273 g/mol. The van der Waals surface area contributed by atoms with Gasteiger partial charge in [-0.05, 0) is 34.7 Å². The van der Waals surface area contributed by atoms with Crippen LogP contribution in [0.4, 0.5) is 0 Å². The lowest BCUT2D eigenvalue weighted by Gasteiger charge is -1.80. The molecule has 0 saturated heterocycles. The third kappa shape index (κ3) is 4.07. The summed E-state index contributed by atoms with van der Waals surface area (Å²) in [7, 11) is 0. The fourth-order valence-electron chi connectivity index (χ4n) is 0.581. The van der Waals surface area contributed by atoms with Gasteiger partial charge in [-0.25, -0.2) is 0 Å². The largest absolute Gasteiger partial charge is 0.198 e. The van der Waals surface area contributed by atoms with Gasteiger partial charge in [-0.1, -0.05) is 18.2 Å². The molecule has 4 heteroatoms. The second kappa shape index (κ2) is 5.70. The molecule has 0 fully saturated rings. The highest BCUT2D eigenvalue weighted by molar-refractivity contribution is 14.1. The first-order valence-corrected chi connectivity index (χ1v) is 4.48. The molecular weight excluding hydrogens is 265 g/mol. The molecule has 0 bridgehead atoms. The fourth-order valence-corrected chi connectivity index (χ4v) is 0.997. The van der Waals surface area contributed by atoms with E-state index in [1.54, 1.807) is 12.4 Å². The summed E-state index contributed by atoms with van der Waals surface area (Å²) in [6, 6.07) is 10.2. The third-order valence-electron chi connectivity index (χ3n) is 1.06. The maximum absolute atomic E-state index is 3.49. The zero-order chi connectivity index (χ0) is 8.65. The Morgan fingerprint density at radius 3 is 1.83 bits per heavy atom. The van der Waals surface area contributed by atoms with Gasteiger partial charge in [0.15, 0.2) is 0 Å². The number of nitrogens with zero attached hydrogens (tertiary/aromatic N) is 2. The Balaban J connectivity index is 0.000000127. The quantitative estimate of drug-likeness (QED) is 0.747. The molecule has 0 spiro atoms. The fraction of sp³-hybridized carbons (Fsp3) is 0. The maximum Gasteiger partial charge on any atom is 0.0690 e. The molecular formula is C8H8IN3. The lowest BCUT2D eigenvalue weighted by Crippen LogP contribution is -1.61. The van der Waals surface area contributed by atoms with Gasteiger partial charge in [0.25, 0.3) is 0 Å².